The van der Waals surface area contributed by atoms with Gasteiger partial charge in [0.05, 0.1) is 10.8 Å². The van der Waals surface area contributed by atoms with E-state index in [1.807, 2.05) is 45.1 Å². The zero-order valence-electron chi connectivity index (χ0n) is 15.1. The van der Waals surface area contributed by atoms with Gasteiger partial charge in [0.1, 0.15) is 0 Å². The maximum atomic E-state index is 12.6. The third-order valence-corrected chi connectivity index (χ3v) is 11.9. The standard InChI is InChI=1S/C18H25Cl2NOSi.Ti/c1-12-13(2)17(4,19)18(20,14(12)3)23(5,6)21-16(22)15-10-8-7-9-11-15;/h7-11,14H,1-6H3,(H,21,22);/p-1. The summed E-state index contributed by atoms with van der Waals surface area (Å²) in [5, 5.41) is 0. The van der Waals surface area contributed by atoms with E-state index in [1.165, 1.54) is 5.57 Å². The molecule has 6 heteroatoms. The van der Waals surface area contributed by atoms with Crippen molar-refractivity contribution >= 4 is 37.3 Å². The minimum atomic E-state index is -2.56. The molecule has 1 aliphatic carbocycles. The molecule has 3 unspecified atom stereocenters. The van der Waals surface area contributed by atoms with Gasteiger partial charge in [-0.25, -0.2) is 0 Å². The number of hydrogen-bond donors (Lipinski definition) is 0. The summed E-state index contributed by atoms with van der Waals surface area (Å²) in [4.78, 5) is 16.5. The number of allylic oxidation sites excluding steroid dienone is 2. The van der Waals surface area contributed by atoms with Crippen molar-refractivity contribution in [2.45, 2.75) is 50.2 Å². The monoisotopic (exact) mass is 416 g/mol. The molecule has 2 nitrogen and oxygen atoms in total. The molecule has 1 aliphatic rings. The second kappa shape index (κ2) is 7.28. The van der Waals surface area contributed by atoms with E-state index >= 15 is 0 Å². The summed E-state index contributed by atoms with van der Waals surface area (Å²) >= 11 is 14.1. The molecule has 0 spiro atoms. The molecule has 0 N–H and O–H groups in total. The molecule has 1 amide bonds. The fourth-order valence-electron chi connectivity index (χ4n) is 3.76. The summed E-state index contributed by atoms with van der Waals surface area (Å²) in [7, 11) is -2.56. The van der Waals surface area contributed by atoms with E-state index in [9.17, 15) is 4.79 Å². The molecule has 24 heavy (non-hydrogen) atoms. The average Bonchev–Trinajstić information content (AvgIpc) is 2.62. The maximum Gasteiger partial charge on any atom is 0.0806 e. The minimum Gasteiger partial charge on any atom is -0.651 e. The number of benzene rings is 1. The summed E-state index contributed by atoms with van der Waals surface area (Å²) in [6, 6.07) is 9.13. The van der Waals surface area contributed by atoms with Gasteiger partial charge in [0.15, 0.2) is 0 Å². The fourth-order valence-corrected chi connectivity index (χ4v) is 8.61. The van der Waals surface area contributed by atoms with Crippen molar-refractivity contribution in [3.05, 3.63) is 52.0 Å². The van der Waals surface area contributed by atoms with Crippen LogP contribution in [0, 0.1) is 5.92 Å². The molecule has 1 aromatic carbocycles. The Morgan fingerprint density at radius 1 is 1.17 bits per heavy atom. The fraction of sp³-hybridized carbons (Fsp3) is 0.500. The quantitative estimate of drug-likeness (QED) is 0.342. The molecular weight excluding hydrogens is 393 g/mol. The van der Waals surface area contributed by atoms with Gasteiger partial charge in [-0.05, 0) is 40.5 Å². The Kier molecular flexibility index (Phi) is 6.67. The van der Waals surface area contributed by atoms with Gasteiger partial charge in [-0.3, -0.25) is 0 Å². The van der Waals surface area contributed by atoms with Gasteiger partial charge in [0, 0.05) is 26.2 Å². The first-order chi connectivity index (χ1) is 10.5. The Balaban J connectivity index is 0.00000288. The summed E-state index contributed by atoms with van der Waals surface area (Å²) in [6.07, 6.45) is 0. The number of alkyl halides is 2. The van der Waals surface area contributed by atoms with Gasteiger partial charge in [0.2, 0.25) is 0 Å². The van der Waals surface area contributed by atoms with Gasteiger partial charge < -0.3 is 9.78 Å². The SMILES string of the molecule is CC1=C(C)C(C)(Cl)C(Cl)([Si](C)(C)[N-]C(=O)c2ccccc2)C1C.[Ti]. The molecule has 0 aromatic heterocycles. The number of nitrogens with zero attached hydrogens (tertiary/aromatic N) is 1. The van der Waals surface area contributed by atoms with Crippen LogP contribution in [-0.2, 0) is 21.7 Å². The van der Waals surface area contributed by atoms with Crippen molar-refractivity contribution in [1.29, 1.82) is 0 Å². The van der Waals surface area contributed by atoms with Crippen LogP contribution in [0.15, 0.2) is 41.5 Å². The smallest absolute Gasteiger partial charge is 0.0806 e. The van der Waals surface area contributed by atoms with Gasteiger partial charge in [-0.15, -0.1) is 23.2 Å². The normalized spacial score (nSPS) is 30.1. The molecule has 0 bridgehead atoms. The van der Waals surface area contributed by atoms with Crippen LogP contribution in [0.5, 0.6) is 0 Å². The number of hydrogen-bond acceptors (Lipinski definition) is 1. The van der Waals surface area contributed by atoms with Crippen LogP contribution in [0.4, 0.5) is 0 Å². The van der Waals surface area contributed by atoms with Crippen LogP contribution < -0.4 is 0 Å². The van der Waals surface area contributed by atoms with Crippen molar-refractivity contribution in [1.82, 2.24) is 0 Å². The van der Waals surface area contributed by atoms with Gasteiger partial charge in [-0.1, -0.05) is 61.5 Å². The molecule has 0 saturated carbocycles. The molecule has 0 saturated heterocycles. The van der Waals surface area contributed by atoms with Crippen molar-refractivity contribution in [2.24, 2.45) is 5.92 Å². The average molecular weight is 417 g/mol. The number of amides is 1. The van der Waals surface area contributed by atoms with Crippen molar-refractivity contribution in [3.63, 3.8) is 0 Å². The molecule has 3 atom stereocenters. The van der Waals surface area contributed by atoms with E-state index in [-0.39, 0.29) is 33.5 Å². The van der Waals surface area contributed by atoms with Crippen LogP contribution in [0.25, 0.3) is 4.98 Å². The predicted octanol–water partition coefficient (Wildman–Crippen LogP) is 5.90. The zero-order chi connectivity index (χ0) is 17.6. The van der Waals surface area contributed by atoms with E-state index in [4.69, 9.17) is 23.2 Å². The second-order valence-corrected chi connectivity index (χ2v) is 12.9. The summed E-state index contributed by atoms with van der Waals surface area (Å²) in [5.41, 5.74) is 2.90. The number of rotatable bonds is 3. The summed E-state index contributed by atoms with van der Waals surface area (Å²) < 4.78 is -0.736. The molecule has 1 aromatic rings. The topological polar surface area (TPSA) is 31.2 Å². The molecule has 0 fully saturated rings. The Bertz CT molecular complexity index is 660. The van der Waals surface area contributed by atoms with E-state index in [0.717, 1.165) is 5.57 Å². The number of carbonyl (C=O) groups excluding carboxylic acids is 1. The Morgan fingerprint density at radius 2 is 1.67 bits per heavy atom. The van der Waals surface area contributed by atoms with Crippen LogP contribution in [0.1, 0.15) is 38.1 Å². The van der Waals surface area contributed by atoms with E-state index in [1.54, 1.807) is 12.1 Å². The van der Waals surface area contributed by atoms with Crippen LogP contribution in [0.2, 0.25) is 13.1 Å². The van der Waals surface area contributed by atoms with E-state index in [0.29, 0.717) is 5.56 Å². The van der Waals surface area contributed by atoms with E-state index in [2.05, 4.69) is 18.8 Å². The Hall–Kier alpha value is -0.0588. The Morgan fingerprint density at radius 3 is 2.08 bits per heavy atom. The summed E-state index contributed by atoms with van der Waals surface area (Å²) in [6.45, 7) is 12.2. The largest absolute Gasteiger partial charge is 0.651 e. The van der Waals surface area contributed by atoms with Gasteiger partial charge >= 0.3 is 0 Å². The van der Waals surface area contributed by atoms with Crippen LogP contribution in [0.3, 0.4) is 0 Å². The van der Waals surface area contributed by atoms with Crippen molar-refractivity contribution in [2.75, 3.05) is 0 Å². The first kappa shape index (κ1) is 22.0. The first-order valence-electron chi connectivity index (χ1n) is 7.84. The van der Waals surface area contributed by atoms with Crippen molar-refractivity contribution < 1.29 is 26.5 Å². The molecule has 0 aliphatic heterocycles. The number of halogens is 2. The summed E-state index contributed by atoms with van der Waals surface area (Å²) in [5.74, 6) is -0.121. The van der Waals surface area contributed by atoms with Crippen LogP contribution in [-0.4, -0.2) is 23.5 Å². The van der Waals surface area contributed by atoms with Gasteiger partial charge in [0.25, 0.3) is 0 Å². The predicted molar refractivity (Wildman–Crippen MR) is 102 cm³/mol. The zero-order valence-corrected chi connectivity index (χ0v) is 19.1. The molecule has 2 rings (SSSR count). The molecule has 0 heterocycles. The first-order valence-corrected chi connectivity index (χ1v) is 11.5. The third-order valence-electron chi connectivity index (χ3n) is 5.52. The molecular formula is C18H24Cl2NOSiTi-. The van der Waals surface area contributed by atoms with Crippen LogP contribution >= 0.6 is 23.2 Å². The van der Waals surface area contributed by atoms with E-state index < -0.39 is 17.6 Å². The minimum absolute atomic E-state index is 0. The maximum absolute atomic E-state index is 12.6. The third kappa shape index (κ3) is 3.19. The van der Waals surface area contributed by atoms with Gasteiger partial charge in [-0.2, -0.15) is 0 Å². The molecule has 130 valence electrons. The number of carbonyl (C=O) groups is 1. The molecule has 0 radical (unpaired) electrons. The Labute approximate surface area is 171 Å². The van der Waals surface area contributed by atoms with Crippen molar-refractivity contribution in [3.8, 4) is 0 Å². The second-order valence-electron chi connectivity index (χ2n) is 7.09.